The molecule has 17 heavy (non-hydrogen) atoms. The minimum absolute atomic E-state index is 0.298. The fraction of sp³-hybridized carbons (Fsp3) is 0.500. The van der Waals surface area contributed by atoms with E-state index in [1.54, 1.807) is 0 Å². The molecular formula is C14H20N2O. The Hall–Kier alpha value is -1.19. The molecule has 0 unspecified atom stereocenters. The molecular weight excluding hydrogens is 212 g/mol. The van der Waals surface area contributed by atoms with E-state index in [1.807, 2.05) is 30.3 Å². The van der Waals surface area contributed by atoms with Crippen molar-refractivity contribution >= 4 is 5.78 Å². The standard InChI is InChI=1S/C14H20N2O/c15-13-6-8-16(9-7-13)11-14(17)10-12-4-2-1-3-5-12/h1-5,13H,6-11,15H2. The number of likely N-dealkylation sites (tertiary alicyclic amines) is 1. The maximum absolute atomic E-state index is 11.9. The Kier molecular flexibility index (Phi) is 4.29. The number of carbonyl (C=O) groups is 1. The molecule has 2 rings (SSSR count). The fourth-order valence-corrected chi connectivity index (χ4v) is 2.24. The van der Waals surface area contributed by atoms with Gasteiger partial charge in [-0.25, -0.2) is 0 Å². The van der Waals surface area contributed by atoms with E-state index in [4.69, 9.17) is 5.73 Å². The van der Waals surface area contributed by atoms with Crippen LogP contribution in [0, 0.1) is 0 Å². The third kappa shape index (κ3) is 3.95. The van der Waals surface area contributed by atoms with Gasteiger partial charge in [0.2, 0.25) is 0 Å². The molecule has 1 aliphatic heterocycles. The lowest BCUT2D eigenvalue weighted by atomic mass is 10.0. The minimum atomic E-state index is 0.298. The zero-order chi connectivity index (χ0) is 12.1. The van der Waals surface area contributed by atoms with E-state index in [0.29, 0.717) is 24.8 Å². The Balaban J connectivity index is 1.78. The average Bonchev–Trinajstić information content (AvgIpc) is 2.33. The van der Waals surface area contributed by atoms with Crippen LogP contribution in [0.4, 0.5) is 0 Å². The van der Waals surface area contributed by atoms with Gasteiger partial charge in [0, 0.05) is 25.6 Å². The van der Waals surface area contributed by atoms with Gasteiger partial charge in [0.25, 0.3) is 0 Å². The van der Waals surface area contributed by atoms with Crippen LogP contribution in [0.3, 0.4) is 0 Å². The van der Waals surface area contributed by atoms with Crippen molar-refractivity contribution in [3.8, 4) is 0 Å². The second kappa shape index (κ2) is 5.94. The van der Waals surface area contributed by atoms with Crippen molar-refractivity contribution in [2.45, 2.75) is 25.3 Å². The Bertz CT molecular complexity index is 356. The summed E-state index contributed by atoms with van der Waals surface area (Å²) in [6.45, 7) is 2.49. The quantitative estimate of drug-likeness (QED) is 0.849. The molecule has 0 saturated carbocycles. The first kappa shape index (κ1) is 12.3. The molecule has 1 saturated heterocycles. The lowest BCUT2D eigenvalue weighted by molar-refractivity contribution is -0.119. The van der Waals surface area contributed by atoms with Crippen molar-refractivity contribution in [3.05, 3.63) is 35.9 Å². The number of piperidine rings is 1. The van der Waals surface area contributed by atoms with Crippen LogP contribution < -0.4 is 5.73 Å². The van der Waals surface area contributed by atoms with Gasteiger partial charge >= 0.3 is 0 Å². The van der Waals surface area contributed by atoms with E-state index >= 15 is 0 Å². The lowest BCUT2D eigenvalue weighted by Crippen LogP contribution is -2.42. The smallest absolute Gasteiger partial charge is 0.151 e. The number of rotatable bonds is 4. The molecule has 1 heterocycles. The monoisotopic (exact) mass is 232 g/mol. The van der Waals surface area contributed by atoms with Crippen LogP contribution in [0.2, 0.25) is 0 Å². The van der Waals surface area contributed by atoms with Crippen LogP contribution in [0.15, 0.2) is 30.3 Å². The molecule has 92 valence electrons. The van der Waals surface area contributed by atoms with Gasteiger partial charge in [-0.05, 0) is 18.4 Å². The van der Waals surface area contributed by atoms with Crippen molar-refractivity contribution in [2.24, 2.45) is 5.73 Å². The Morgan fingerprint density at radius 2 is 1.88 bits per heavy atom. The van der Waals surface area contributed by atoms with Gasteiger partial charge < -0.3 is 5.73 Å². The van der Waals surface area contributed by atoms with E-state index in [0.717, 1.165) is 31.5 Å². The van der Waals surface area contributed by atoms with Gasteiger partial charge in [0.1, 0.15) is 0 Å². The molecule has 0 aromatic heterocycles. The maximum atomic E-state index is 11.9. The van der Waals surface area contributed by atoms with Gasteiger partial charge in [-0.3, -0.25) is 9.69 Å². The first-order valence-corrected chi connectivity index (χ1v) is 6.27. The molecule has 1 aromatic rings. The molecule has 1 aromatic carbocycles. The molecule has 0 bridgehead atoms. The zero-order valence-corrected chi connectivity index (χ0v) is 10.1. The zero-order valence-electron chi connectivity index (χ0n) is 10.1. The highest BCUT2D eigenvalue weighted by Crippen LogP contribution is 2.08. The topological polar surface area (TPSA) is 46.3 Å². The van der Waals surface area contributed by atoms with Crippen LogP contribution in [0.25, 0.3) is 0 Å². The molecule has 1 fully saturated rings. The number of ketones is 1. The molecule has 2 N–H and O–H groups in total. The largest absolute Gasteiger partial charge is 0.328 e. The summed E-state index contributed by atoms with van der Waals surface area (Å²) in [5.74, 6) is 0.298. The van der Waals surface area contributed by atoms with Crippen molar-refractivity contribution in [3.63, 3.8) is 0 Å². The van der Waals surface area contributed by atoms with E-state index in [2.05, 4.69) is 4.90 Å². The second-order valence-electron chi connectivity index (χ2n) is 4.81. The number of nitrogens with zero attached hydrogens (tertiary/aromatic N) is 1. The molecule has 1 aliphatic rings. The average molecular weight is 232 g/mol. The van der Waals surface area contributed by atoms with Crippen molar-refractivity contribution in [1.29, 1.82) is 0 Å². The number of hydrogen-bond acceptors (Lipinski definition) is 3. The SMILES string of the molecule is NC1CCN(CC(=O)Cc2ccccc2)CC1. The Morgan fingerprint density at radius 1 is 1.24 bits per heavy atom. The van der Waals surface area contributed by atoms with E-state index in [-0.39, 0.29) is 0 Å². The molecule has 0 spiro atoms. The summed E-state index contributed by atoms with van der Waals surface area (Å²) in [5, 5.41) is 0. The van der Waals surface area contributed by atoms with Crippen LogP contribution in [-0.4, -0.2) is 36.4 Å². The Labute approximate surface area is 103 Å². The van der Waals surface area contributed by atoms with Crippen molar-refractivity contribution < 1.29 is 4.79 Å². The molecule has 0 radical (unpaired) electrons. The number of Topliss-reactive ketones (excluding diaryl/α,β-unsaturated/α-hetero) is 1. The normalized spacial score (nSPS) is 18.2. The summed E-state index contributed by atoms with van der Waals surface area (Å²) in [6, 6.07) is 10.3. The van der Waals surface area contributed by atoms with Crippen LogP contribution in [0.5, 0.6) is 0 Å². The van der Waals surface area contributed by atoms with E-state index in [9.17, 15) is 4.79 Å². The Morgan fingerprint density at radius 3 is 2.53 bits per heavy atom. The third-order valence-electron chi connectivity index (χ3n) is 3.28. The molecule has 0 amide bonds. The van der Waals surface area contributed by atoms with Gasteiger partial charge in [0.15, 0.2) is 5.78 Å². The summed E-state index contributed by atoms with van der Waals surface area (Å²) in [7, 11) is 0. The van der Waals surface area contributed by atoms with Crippen LogP contribution in [-0.2, 0) is 11.2 Å². The first-order chi connectivity index (χ1) is 8.24. The molecule has 0 atom stereocenters. The van der Waals surface area contributed by atoms with Gasteiger partial charge in [-0.2, -0.15) is 0 Å². The van der Waals surface area contributed by atoms with Crippen molar-refractivity contribution in [2.75, 3.05) is 19.6 Å². The molecule has 3 heteroatoms. The highest BCUT2D eigenvalue weighted by molar-refractivity contribution is 5.82. The van der Waals surface area contributed by atoms with Crippen LogP contribution in [0.1, 0.15) is 18.4 Å². The van der Waals surface area contributed by atoms with Gasteiger partial charge in [-0.15, -0.1) is 0 Å². The summed E-state index contributed by atoms with van der Waals surface area (Å²) < 4.78 is 0. The minimum Gasteiger partial charge on any atom is -0.328 e. The predicted octanol–water partition coefficient (Wildman–Crippen LogP) is 1.22. The fourth-order valence-electron chi connectivity index (χ4n) is 2.24. The number of benzene rings is 1. The third-order valence-corrected chi connectivity index (χ3v) is 3.28. The first-order valence-electron chi connectivity index (χ1n) is 6.27. The number of carbonyl (C=O) groups excluding carboxylic acids is 1. The number of hydrogen-bond donors (Lipinski definition) is 1. The molecule has 0 aliphatic carbocycles. The molecule has 3 nitrogen and oxygen atoms in total. The lowest BCUT2D eigenvalue weighted by Gasteiger charge is -2.29. The second-order valence-corrected chi connectivity index (χ2v) is 4.81. The summed E-state index contributed by atoms with van der Waals surface area (Å²) >= 11 is 0. The maximum Gasteiger partial charge on any atom is 0.151 e. The summed E-state index contributed by atoms with van der Waals surface area (Å²) in [4.78, 5) is 14.1. The predicted molar refractivity (Wildman–Crippen MR) is 68.8 cm³/mol. The van der Waals surface area contributed by atoms with Gasteiger partial charge in [-0.1, -0.05) is 30.3 Å². The van der Waals surface area contributed by atoms with E-state index < -0.39 is 0 Å². The van der Waals surface area contributed by atoms with E-state index in [1.165, 1.54) is 0 Å². The highest BCUT2D eigenvalue weighted by atomic mass is 16.1. The highest BCUT2D eigenvalue weighted by Gasteiger charge is 2.18. The van der Waals surface area contributed by atoms with Crippen molar-refractivity contribution in [1.82, 2.24) is 4.90 Å². The number of nitrogens with two attached hydrogens (primary N) is 1. The summed E-state index contributed by atoms with van der Waals surface area (Å²) in [6.07, 6.45) is 2.57. The summed E-state index contributed by atoms with van der Waals surface area (Å²) in [5.41, 5.74) is 6.94. The van der Waals surface area contributed by atoms with Gasteiger partial charge in [0.05, 0.1) is 6.54 Å². The van der Waals surface area contributed by atoms with Crippen LogP contribution >= 0.6 is 0 Å².